The Morgan fingerprint density at radius 3 is 2.22 bits per heavy atom. The summed E-state index contributed by atoms with van der Waals surface area (Å²) in [6.07, 6.45) is 0. The standard InChI is InChI=1S/C15H15NO.ClH/c1-2-6-13(7-3-1)17-15-9-5-4-8-14(15)12-10-16-11-12;/h1-9,12,16H,10-11H2;1H. The van der Waals surface area contributed by atoms with E-state index < -0.39 is 0 Å². The van der Waals surface area contributed by atoms with Crippen LogP contribution in [0.25, 0.3) is 0 Å². The first-order chi connectivity index (χ1) is 8.43. The zero-order valence-corrected chi connectivity index (χ0v) is 10.8. The normalized spacial score (nSPS) is 14.4. The molecule has 2 aromatic rings. The molecule has 3 heteroatoms. The molecule has 1 heterocycles. The van der Waals surface area contributed by atoms with E-state index in [9.17, 15) is 0 Å². The number of nitrogens with one attached hydrogen (secondary N) is 1. The molecule has 1 fully saturated rings. The van der Waals surface area contributed by atoms with Crippen molar-refractivity contribution in [2.75, 3.05) is 13.1 Å². The average Bonchev–Trinajstić information content (AvgIpc) is 2.31. The number of ether oxygens (including phenoxy) is 1. The van der Waals surface area contributed by atoms with Crippen LogP contribution in [0.1, 0.15) is 11.5 Å². The van der Waals surface area contributed by atoms with Crippen LogP contribution in [0, 0.1) is 0 Å². The maximum Gasteiger partial charge on any atom is 0.130 e. The molecule has 1 saturated heterocycles. The molecule has 0 unspecified atom stereocenters. The van der Waals surface area contributed by atoms with Gasteiger partial charge in [0.2, 0.25) is 0 Å². The summed E-state index contributed by atoms with van der Waals surface area (Å²) in [5.41, 5.74) is 1.30. The van der Waals surface area contributed by atoms with Gasteiger partial charge in [-0.15, -0.1) is 12.4 Å². The molecule has 18 heavy (non-hydrogen) atoms. The molecule has 94 valence electrons. The monoisotopic (exact) mass is 261 g/mol. The molecule has 2 nitrogen and oxygen atoms in total. The van der Waals surface area contributed by atoms with Crippen molar-refractivity contribution in [3.8, 4) is 11.5 Å². The molecular weight excluding hydrogens is 246 g/mol. The second kappa shape index (κ2) is 5.89. The number of hydrogen-bond donors (Lipinski definition) is 1. The lowest BCUT2D eigenvalue weighted by Crippen LogP contribution is -2.39. The minimum atomic E-state index is 0. The molecule has 3 rings (SSSR count). The predicted molar refractivity (Wildman–Crippen MR) is 75.8 cm³/mol. The number of halogens is 1. The summed E-state index contributed by atoms with van der Waals surface area (Å²) in [7, 11) is 0. The second-order valence-corrected chi connectivity index (χ2v) is 4.31. The van der Waals surface area contributed by atoms with Gasteiger partial charge < -0.3 is 10.1 Å². The number of benzene rings is 2. The largest absolute Gasteiger partial charge is 0.457 e. The van der Waals surface area contributed by atoms with E-state index in [1.807, 2.05) is 42.5 Å². The quantitative estimate of drug-likeness (QED) is 0.912. The van der Waals surface area contributed by atoms with E-state index in [0.29, 0.717) is 5.92 Å². The molecule has 0 bridgehead atoms. The Morgan fingerprint density at radius 2 is 1.56 bits per heavy atom. The summed E-state index contributed by atoms with van der Waals surface area (Å²) in [6.45, 7) is 2.10. The van der Waals surface area contributed by atoms with E-state index in [2.05, 4.69) is 17.4 Å². The van der Waals surface area contributed by atoms with Crippen molar-refractivity contribution in [3.05, 3.63) is 60.2 Å². The number of para-hydroxylation sites is 2. The van der Waals surface area contributed by atoms with Gasteiger partial charge >= 0.3 is 0 Å². The van der Waals surface area contributed by atoms with Gasteiger partial charge in [-0.2, -0.15) is 0 Å². The minimum absolute atomic E-state index is 0. The summed E-state index contributed by atoms with van der Waals surface area (Å²) in [5.74, 6) is 2.47. The smallest absolute Gasteiger partial charge is 0.130 e. The summed E-state index contributed by atoms with van der Waals surface area (Å²) < 4.78 is 5.94. The lowest BCUT2D eigenvalue weighted by atomic mass is 9.93. The van der Waals surface area contributed by atoms with Crippen molar-refractivity contribution in [2.45, 2.75) is 5.92 Å². The van der Waals surface area contributed by atoms with Crippen LogP contribution in [0.4, 0.5) is 0 Å². The molecule has 1 aliphatic rings. The Bertz CT molecular complexity index is 497. The van der Waals surface area contributed by atoms with Gasteiger partial charge in [-0.1, -0.05) is 36.4 Å². The van der Waals surface area contributed by atoms with Crippen molar-refractivity contribution in [1.82, 2.24) is 5.32 Å². The highest BCUT2D eigenvalue weighted by molar-refractivity contribution is 5.85. The first-order valence-corrected chi connectivity index (χ1v) is 5.96. The summed E-state index contributed by atoms with van der Waals surface area (Å²) >= 11 is 0. The first kappa shape index (κ1) is 12.9. The van der Waals surface area contributed by atoms with Crippen molar-refractivity contribution in [2.24, 2.45) is 0 Å². The molecule has 0 saturated carbocycles. The van der Waals surface area contributed by atoms with Crippen molar-refractivity contribution < 1.29 is 4.74 Å². The Hall–Kier alpha value is -1.51. The lowest BCUT2D eigenvalue weighted by Gasteiger charge is -2.28. The van der Waals surface area contributed by atoms with E-state index in [1.165, 1.54) is 5.56 Å². The van der Waals surface area contributed by atoms with Crippen LogP contribution in [-0.2, 0) is 0 Å². The first-order valence-electron chi connectivity index (χ1n) is 5.96. The fourth-order valence-electron chi connectivity index (χ4n) is 2.03. The van der Waals surface area contributed by atoms with Gasteiger partial charge in [0.25, 0.3) is 0 Å². The predicted octanol–water partition coefficient (Wildman–Crippen LogP) is 3.59. The van der Waals surface area contributed by atoms with Crippen molar-refractivity contribution in [3.63, 3.8) is 0 Å². The highest BCUT2D eigenvalue weighted by atomic mass is 35.5. The number of rotatable bonds is 3. The van der Waals surface area contributed by atoms with Crippen LogP contribution >= 0.6 is 12.4 Å². The van der Waals surface area contributed by atoms with Gasteiger partial charge in [-0.25, -0.2) is 0 Å². The van der Waals surface area contributed by atoms with Crippen LogP contribution in [0.5, 0.6) is 11.5 Å². The highest BCUT2D eigenvalue weighted by Gasteiger charge is 2.22. The summed E-state index contributed by atoms with van der Waals surface area (Å²) in [4.78, 5) is 0. The van der Waals surface area contributed by atoms with E-state index in [1.54, 1.807) is 0 Å². The zero-order valence-electron chi connectivity index (χ0n) is 10.0. The maximum absolute atomic E-state index is 5.94. The average molecular weight is 262 g/mol. The molecule has 0 aliphatic carbocycles. The molecule has 1 N–H and O–H groups in total. The molecule has 0 amide bonds. The Balaban J connectivity index is 0.00000120. The molecule has 0 spiro atoms. The van der Waals surface area contributed by atoms with E-state index in [0.717, 1.165) is 24.6 Å². The van der Waals surface area contributed by atoms with Gasteiger partial charge in [0, 0.05) is 24.6 Å². The molecule has 2 aromatic carbocycles. The van der Waals surface area contributed by atoms with Crippen molar-refractivity contribution in [1.29, 1.82) is 0 Å². The maximum atomic E-state index is 5.94. The van der Waals surface area contributed by atoms with E-state index in [4.69, 9.17) is 4.74 Å². The van der Waals surface area contributed by atoms with Gasteiger partial charge in [0.1, 0.15) is 11.5 Å². The SMILES string of the molecule is Cl.c1ccc(Oc2ccccc2C2CNC2)cc1. The highest BCUT2D eigenvalue weighted by Crippen LogP contribution is 2.32. The lowest BCUT2D eigenvalue weighted by molar-refractivity contribution is 0.418. The van der Waals surface area contributed by atoms with Crippen LogP contribution in [0.2, 0.25) is 0 Å². The molecule has 0 aromatic heterocycles. The minimum Gasteiger partial charge on any atom is -0.457 e. The van der Waals surface area contributed by atoms with Gasteiger partial charge in [-0.05, 0) is 18.2 Å². The molecule has 0 atom stereocenters. The Morgan fingerprint density at radius 1 is 0.889 bits per heavy atom. The van der Waals surface area contributed by atoms with E-state index >= 15 is 0 Å². The van der Waals surface area contributed by atoms with Crippen LogP contribution < -0.4 is 10.1 Å². The fraction of sp³-hybridized carbons (Fsp3) is 0.200. The third kappa shape index (κ3) is 2.66. The molecule has 0 radical (unpaired) electrons. The molecular formula is C15H16ClNO. The van der Waals surface area contributed by atoms with Gasteiger partial charge in [-0.3, -0.25) is 0 Å². The van der Waals surface area contributed by atoms with Gasteiger partial charge in [0.15, 0.2) is 0 Å². The Kier molecular flexibility index (Phi) is 4.24. The Labute approximate surface area is 113 Å². The van der Waals surface area contributed by atoms with E-state index in [-0.39, 0.29) is 12.4 Å². The summed E-state index contributed by atoms with van der Waals surface area (Å²) in [5, 5.41) is 3.30. The third-order valence-corrected chi connectivity index (χ3v) is 3.11. The fourth-order valence-corrected chi connectivity index (χ4v) is 2.03. The zero-order chi connectivity index (χ0) is 11.5. The number of hydrogen-bond acceptors (Lipinski definition) is 2. The molecule has 1 aliphatic heterocycles. The third-order valence-electron chi connectivity index (χ3n) is 3.11. The summed E-state index contributed by atoms with van der Waals surface area (Å²) in [6, 6.07) is 18.2. The topological polar surface area (TPSA) is 21.3 Å². The second-order valence-electron chi connectivity index (χ2n) is 4.31. The van der Waals surface area contributed by atoms with Crippen LogP contribution in [0.3, 0.4) is 0 Å². The van der Waals surface area contributed by atoms with Crippen LogP contribution in [0.15, 0.2) is 54.6 Å². The van der Waals surface area contributed by atoms with Crippen LogP contribution in [-0.4, -0.2) is 13.1 Å². The van der Waals surface area contributed by atoms with Crippen molar-refractivity contribution >= 4 is 12.4 Å². The van der Waals surface area contributed by atoms with Gasteiger partial charge in [0.05, 0.1) is 0 Å².